The lowest BCUT2D eigenvalue weighted by Gasteiger charge is -2.18. The van der Waals surface area contributed by atoms with Crippen molar-refractivity contribution in [3.63, 3.8) is 0 Å². The Balaban J connectivity index is 1.98. The molecular weight excluding hydrogens is 274 g/mol. The third-order valence-electron chi connectivity index (χ3n) is 3.36. The Hall–Kier alpha value is -1.59. The zero-order valence-electron chi connectivity index (χ0n) is 10.1. The number of fused-ring (bicyclic) bond motifs is 2. The number of hydrogen-bond acceptors (Lipinski definition) is 4. The lowest BCUT2D eigenvalue weighted by atomic mass is 9.97. The van der Waals surface area contributed by atoms with Gasteiger partial charge in [0, 0.05) is 11.3 Å². The van der Waals surface area contributed by atoms with E-state index in [1.54, 1.807) is 12.7 Å². The second-order valence-electron chi connectivity index (χ2n) is 4.43. The second-order valence-corrected chi connectivity index (χ2v) is 6.59. The van der Waals surface area contributed by atoms with Gasteiger partial charge in [0.15, 0.2) is 0 Å². The molecule has 0 aliphatic carbocycles. The molecule has 3 aromatic rings. The molecule has 4 rings (SSSR count). The summed E-state index contributed by atoms with van der Waals surface area (Å²) in [6.45, 7) is 0. The summed E-state index contributed by atoms with van der Waals surface area (Å²) in [6, 6.07) is 11.0. The van der Waals surface area contributed by atoms with Gasteiger partial charge in [0.25, 0.3) is 0 Å². The van der Waals surface area contributed by atoms with Crippen LogP contribution in [-0.2, 0) is 5.75 Å². The molecule has 0 amide bonds. The highest BCUT2D eigenvalue weighted by atomic mass is 32.2. The Morgan fingerprint density at radius 2 is 2.11 bits per heavy atom. The molecule has 1 atom stereocenters. The lowest BCUT2D eigenvalue weighted by Crippen LogP contribution is -2.13. The van der Waals surface area contributed by atoms with E-state index in [0.717, 1.165) is 5.75 Å². The summed E-state index contributed by atoms with van der Waals surface area (Å²) in [5.41, 5.74) is 4.06. The van der Waals surface area contributed by atoms with E-state index in [2.05, 4.69) is 45.8 Å². The molecule has 1 aliphatic heterocycles. The molecule has 0 bridgehead atoms. The predicted molar refractivity (Wildman–Crippen MR) is 77.6 cm³/mol. The molecule has 2 aromatic heterocycles. The number of hydrogen-bond donors (Lipinski definition) is 0. The van der Waals surface area contributed by atoms with Gasteiger partial charge in [0.2, 0.25) is 0 Å². The first-order chi connectivity index (χ1) is 9.43. The fourth-order valence-electron chi connectivity index (χ4n) is 2.50. The molecule has 0 radical (unpaired) electrons. The van der Waals surface area contributed by atoms with Crippen LogP contribution < -0.4 is 0 Å². The summed E-state index contributed by atoms with van der Waals surface area (Å²) in [4.78, 5) is 4.11. The molecule has 0 N–H and O–H groups in total. The van der Waals surface area contributed by atoms with Gasteiger partial charge in [-0.05, 0) is 22.6 Å². The maximum Gasteiger partial charge on any atom is 0.137 e. The Bertz CT molecular complexity index is 703. The second kappa shape index (κ2) is 4.51. The summed E-state index contributed by atoms with van der Waals surface area (Å²) < 4.78 is 3.34. The maximum atomic E-state index is 4.36. The zero-order valence-corrected chi connectivity index (χ0v) is 11.7. The van der Waals surface area contributed by atoms with Gasteiger partial charge in [-0.2, -0.15) is 5.10 Å². The first-order valence-corrected chi connectivity index (χ1v) is 7.92. The Kier molecular flexibility index (Phi) is 2.67. The Morgan fingerprint density at radius 1 is 1.16 bits per heavy atom. The molecule has 0 spiro atoms. The molecule has 0 fully saturated rings. The molecular formula is C14H11N3S2. The van der Waals surface area contributed by atoms with Crippen LogP contribution in [-0.4, -0.2) is 14.8 Å². The summed E-state index contributed by atoms with van der Waals surface area (Å²) >= 11 is 3.73. The van der Waals surface area contributed by atoms with Crippen LogP contribution in [0.25, 0.3) is 0 Å². The zero-order chi connectivity index (χ0) is 12.7. The van der Waals surface area contributed by atoms with E-state index in [0.29, 0.717) is 0 Å². The number of nitrogens with zero attached hydrogens (tertiary/aromatic N) is 3. The number of benzene rings is 1. The van der Waals surface area contributed by atoms with E-state index in [-0.39, 0.29) is 6.04 Å². The van der Waals surface area contributed by atoms with E-state index < -0.39 is 0 Å². The molecule has 1 aliphatic rings. The molecule has 3 nitrogen and oxygen atoms in total. The number of rotatable bonds is 1. The fraction of sp³-hybridized carbons (Fsp3) is 0.143. The monoisotopic (exact) mass is 285 g/mol. The molecule has 19 heavy (non-hydrogen) atoms. The molecule has 3 heterocycles. The van der Waals surface area contributed by atoms with E-state index in [4.69, 9.17) is 0 Å². The third-order valence-corrected chi connectivity index (χ3v) is 5.68. The van der Waals surface area contributed by atoms with E-state index in [1.807, 2.05) is 27.8 Å². The summed E-state index contributed by atoms with van der Waals surface area (Å²) in [6.07, 6.45) is 3.41. The molecule has 0 saturated carbocycles. The Labute approximate surface area is 119 Å². The third kappa shape index (κ3) is 1.81. The van der Waals surface area contributed by atoms with Crippen LogP contribution in [0.5, 0.6) is 0 Å². The smallest absolute Gasteiger partial charge is 0.137 e. The van der Waals surface area contributed by atoms with Crippen LogP contribution in [0.1, 0.15) is 22.7 Å². The van der Waals surface area contributed by atoms with Crippen molar-refractivity contribution in [2.24, 2.45) is 0 Å². The van der Waals surface area contributed by atoms with Crippen LogP contribution in [0.2, 0.25) is 0 Å². The van der Waals surface area contributed by atoms with Crippen molar-refractivity contribution in [2.45, 2.75) is 16.0 Å². The molecule has 1 unspecified atom stereocenters. The largest absolute Gasteiger partial charge is 0.241 e. The van der Waals surface area contributed by atoms with E-state index in [1.165, 1.54) is 20.9 Å². The minimum Gasteiger partial charge on any atom is -0.241 e. The SMILES string of the molecule is c1ccc2c(c1)CSc1sccc1C2n1cncn1. The van der Waals surface area contributed by atoms with Gasteiger partial charge in [-0.25, -0.2) is 9.67 Å². The van der Waals surface area contributed by atoms with Crippen molar-refractivity contribution in [3.8, 4) is 0 Å². The topological polar surface area (TPSA) is 30.7 Å². The fourth-order valence-corrected chi connectivity index (χ4v) is 4.67. The lowest BCUT2D eigenvalue weighted by molar-refractivity contribution is 0.588. The van der Waals surface area contributed by atoms with Gasteiger partial charge >= 0.3 is 0 Å². The number of aromatic nitrogens is 3. The average Bonchev–Trinajstić information content (AvgIpc) is 3.09. The number of thioether (sulfide) groups is 1. The van der Waals surface area contributed by atoms with Gasteiger partial charge in [-0.15, -0.1) is 23.1 Å². The van der Waals surface area contributed by atoms with E-state index in [9.17, 15) is 0 Å². The highest BCUT2D eigenvalue weighted by molar-refractivity contribution is 8.00. The van der Waals surface area contributed by atoms with Gasteiger partial charge in [0.1, 0.15) is 18.7 Å². The highest BCUT2D eigenvalue weighted by Crippen LogP contribution is 2.43. The molecule has 1 aromatic carbocycles. The van der Waals surface area contributed by atoms with Crippen LogP contribution in [0.4, 0.5) is 0 Å². The number of thiophene rings is 1. The van der Waals surface area contributed by atoms with Crippen molar-refractivity contribution < 1.29 is 0 Å². The Morgan fingerprint density at radius 3 is 3.00 bits per heavy atom. The van der Waals surface area contributed by atoms with E-state index >= 15 is 0 Å². The molecule has 5 heteroatoms. The van der Waals surface area contributed by atoms with Gasteiger partial charge in [-0.1, -0.05) is 24.3 Å². The minimum absolute atomic E-state index is 0.148. The highest BCUT2D eigenvalue weighted by Gasteiger charge is 2.26. The maximum absolute atomic E-state index is 4.36. The normalized spacial score (nSPS) is 17.6. The van der Waals surface area contributed by atoms with Crippen molar-refractivity contribution in [2.75, 3.05) is 0 Å². The standard InChI is InChI=1S/C14H11N3S2/c1-2-4-11-10(3-1)7-19-14-12(5-6-18-14)13(11)17-9-15-8-16-17/h1-6,8-9,13H,7H2. The first-order valence-electron chi connectivity index (χ1n) is 6.05. The van der Waals surface area contributed by atoms with Crippen molar-refractivity contribution in [3.05, 3.63) is 65.1 Å². The minimum atomic E-state index is 0.148. The molecule has 0 saturated heterocycles. The van der Waals surface area contributed by atoms with Crippen LogP contribution in [0, 0.1) is 0 Å². The average molecular weight is 285 g/mol. The van der Waals surface area contributed by atoms with Gasteiger partial charge in [0.05, 0.1) is 4.21 Å². The van der Waals surface area contributed by atoms with Crippen molar-refractivity contribution in [1.82, 2.24) is 14.8 Å². The summed E-state index contributed by atoms with van der Waals surface area (Å²) in [5, 5.41) is 6.52. The molecule has 94 valence electrons. The first kappa shape index (κ1) is 11.3. The van der Waals surface area contributed by atoms with Crippen LogP contribution >= 0.6 is 23.1 Å². The van der Waals surface area contributed by atoms with Gasteiger partial charge in [-0.3, -0.25) is 0 Å². The van der Waals surface area contributed by atoms with Crippen molar-refractivity contribution >= 4 is 23.1 Å². The van der Waals surface area contributed by atoms with Crippen LogP contribution in [0.15, 0.2) is 52.6 Å². The van der Waals surface area contributed by atoms with Crippen LogP contribution in [0.3, 0.4) is 0 Å². The predicted octanol–water partition coefficient (Wildman–Crippen LogP) is 3.58. The quantitative estimate of drug-likeness (QED) is 0.684. The van der Waals surface area contributed by atoms with Gasteiger partial charge < -0.3 is 0 Å². The summed E-state index contributed by atoms with van der Waals surface area (Å²) in [5.74, 6) is 1.02. The summed E-state index contributed by atoms with van der Waals surface area (Å²) in [7, 11) is 0. The van der Waals surface area contributed by atoms with Crippen molar-refractivity contribution in [1.29, 1.82) is 0 Å².